The molecule has 21 heavy (non-hydrogen) atoms. The number of rotatable bonds is 5. The van der Waals surface area contributed by atoms with Crippen molar-refractivity contribution in [1.82, 2.24) is 15.2 Å². The maximum atomic E-state index is 12.4. The summed E-state index contributed by atoms with van der Waals surface area (Å²) >= 11 is 0. The number of carbonyl (C=O) groups is 1. The fourth-order valence-corrected chi connectivity index (χ4v) is 2.74. The molecule has 0 aliphatic carbocycles. The number of amides is 1. The Kier molecular flexibility index (Phi) is 5.56. The van der Waals surface area contributed by atoms with Gasteiger partial charge in [-0.05, 0) is 44.5 Å². The molecule has 1 aliphatic rings. The van der Waals surface area contributed by atoms with Crippen molar-refractivity contribution in [2.45, 2.75) is 32.7 Å². The second-order valence-corrected chi connectivity index (χ2v) is 5.96. The lowest BCUT2D eigenvalue weighted by molar-refractivity contribution is 0.0884. The minimum absolute atomic E-state index is 0.00153. The molecule has 1 aromatic rings. The highest BCUT2D eigenvalue weighted by atomic mass is 16.1. The van der Waals surface area contributed by atoms with E-state index in [0.717, 1.165) is 38.3 Å². The van der Waals surface area contributed by atoms with Gasteiger partial charge in [0.25, 0.3) is 5.91 Å². The normalized spacial score (nSPS) is 22.8. The lowest BCUT2D eigenvalue weighted by atomic mass is 9.94. The molecule has 0 aromatic carbocycles. The Morgan fingerprint density at radius 1 is 1.52 bits per heavy atom. The van der Waals surface area contributed by atoms with E-state index < -0.39 is 0 Å². The van der Waals surface area contributed by atoms with Gasteiger partial charge in [0.15, 0.2) is 0 Å². The number of carbonyl (C=O) groups excluding carboxylic acids is 1. The highest BCUT2D eigenvalue weighted by Crippen LogP contribution is 2.16. The molecule has 1 fully saturated rings. The molecule has 1 amide bonds. The van der Waals surface area contributed by atoms with E-state index in [1.54, 1.807) is 12.3 Å². The number of aromatic nitrogens is 1. The SMILES string of the molecule is CCCNc1cc(C(=O)NC2CCN(C)CC2C)ccn1. The van der Waals surface area contributed by atoms with Gasteiger partial charge in [0.1, 0.15) is 5.82 Å². The summed E-state index contributed by atoms with van der Waals surface area (Å²) in [7, 11) is 2.13. The maximum absolute atomic E-state index is 12.4. The van der Waals surface area contributed by atoms with E-state index in [0.29, 0.717) is 11.5 Å². The zero-order valence-electron chi connectivity index (χ0n) is 13.2. The Morgan fingerprint density at radius 3 is 3.05 bits per heavy atom. The molecule has 116 valence electrons. The molecule has 2 unspecified atom stereocenters. The van der Waals surface area contributed by atoms with Gasteiger partial charge in [-0.15, -0.1) is 0 Å². The first-order chi connectivity index (χ1) is 10.1. The van der Waals surface area contributed by atoms with E-state index in [2.05, 4.69) is 41.4 Å². The third kappa shape index (κ3) is 4.43. The number of piperidine rings is 1. The lowest BCUT2D eigenvalue weighted by Gasteiger charge is -2.35. The van der Waals surface area contributed by atoms with Crippen molar-refractivity contribution < 1.29 is 4.79 Å². The molecule has 2 atom stereocenters. The molecule has 0 saturated carbocycles. The van der Waals surface area contributed by atoms with Crippen LogP contribution in [0.3, 0.4) is 0 Å². The fraction of sp³-hybridized carbons (Fsp3) is 0.625. The van der Waals surface area contributed by atoms with Crippen LogP contribution >= 0.6 is 0 Å². The summed E-state index contributed by atoms with van der Waals surface area (Å²) in [6.45, 7) is 7.23. The lowest BCUT2D eigenvalue weighted by Crippen LogP contribution is -2.48. The predicted molar refractivity (Wildman–Crippen MR) is 85.5 cm³/mol. The molecular weight excluding hydrogens is 264 g/mol. The van der Waals surface area contributed by atoms with Crippen molar-refractivity contribution in [1.29, 1.82) is 0 Å². The monoisotopic (exact) mass is 290 g/mol. The Morgan fingerprint density at radius 2 is 2.33 bits per heavy atom. The van der Waals surface area contributed by atoms with E-state index in [1.807, 2.05) is 6.07 Å². The van der Waals surface area contributed by atoms with Gasteiger partial charge in [-0.2, -0.15) is 0 Å². The maximum Gasteiger partial charge on any atom is 0.251 e. The van der Waals surface area contributed by atoms with Crippen LogP contribution in [-0.4, -0.2) is 48.5 Å². The third-order valence-electron chi connectivity index (χ3n) is 4.00. The molecule has 2 N–H and O–H groups in total. The molecule has 1 aromatic heterocycles. The predicted octanol–water partition coefficient (Wildman–Crippen LogP) is 1.97. The van der Waals surface area contributed by atoms with Crippen LogP contribution in [0.15, 0.2) is 18.3 Å². The smallest absolute Gasteiger partial charge is 0.251 e. The van der Waals surface area contributed by atoms with Crippen LogP contribution < -0.4 is 10.6 Å². The molecule has 1 saturated heterocycles. The standard InChI is InChI=1S/C16H26N4O/c1-4-7-17-15-10-13(5-8-18-15)16(21)19-14-6-9-20(3)11-12(14)2/h5,8,10,12,14H,4,6-7,9,11H2,1-3H3,(H,17,18)(H,19,21). The van der Waals surface area contributed by atoms with Crippen LogP contribution in [0.4, 0.5) is 5.82 Å². The third-order valence-corrected chi connectivity index (χ3v) is 4.00. The van der Waals surface area contributed by atoms with E-state index in [1.165, 1.54) is 0 Å². The summed E-state index contributed by atoms with van der Waals surface area (Å²) in [4.78, 5) is 18.9. The molecule has 2 heterocycles. The Balaban J connectivity index is 1.96. The minimum Gasteiger partial charge on any atom is -0.370 e. The fourth-order valence-electron chi connectivity index (χ4n) is 2.74. The number of anilines is 1. The van der Waals surface area contributed by atoms with Crippen LogP contribution in [0.1, 0.15) is 37.0 Å². The number of hydrogen-bond donors (Lipinski definition) is 2. The van der Waals surface area contributed by atoms with Crippen molar-refractivity contribution in [3.05, 3.63) is 23.9 Å². The molecule has 0 spiro atoms. The molecule has 0 bridgehead atoms. The van der Waals surface area contributed by atoms with Crippen molar-refractivity contribution in [2.75, 3.05) is 32.0 Å². The highest BCUT2D eigenvalue weighted by molar-refractivity contribution is 5.95. The average molecular weight is 290 g/mol. The van der Waals surface area contributed by atoms with E-state index in [4.69, 9.17) is 0 Å². The minimum atomic E-state index is -0.00153. The molecular formula is C16H26N4O. The Hall–Kier alpha value is -1.62. The summed E-state index contributed by atoms with van der Waals surface area (Å²) in [6.07, 6.45) is 3.73. The zero-order chi connectivity index (χ0) is 15.2. The summed E-state index contributed by atoms with van der Waals surface area (Å²) in [5.74, 6) is 1.24. The quantitative estimate of drug-likeness (QED) is 0.870. The first kappa shape index (κ1) is 15.8. The average Bonchev–Trinajstić information content (AvgIpc) is 2.48. The van der Waals surface area contributed by atoms with E-state index in [-0.39, 0.29) is 11.9 Å². The van der Waals surface area contributed by atoms with Crippen molar-refractivity contribution in [3.63, 3.8) is 0 Å². The number of pyridine rings is 1. The molecule has 2 rings (SSSR count). The Labute approximate surface area is 127 Å². The van der Waals surface area contributed by atoms with Gasteiger partial charge in [0, 0.05) is 30.9 Å². The molecule has 0 radical (unpaired) electrons. The van der Waals surface area contributed by atoms with Gasteiger partial charge in [-0.1, -0.05) is 13.8 Å². The Bertz CT molecular complexity index is 477. The second kappa shape index (κ2) is 7.41. The van der Waals surface area contributed by atoms with Gasteiger partial charge in [0.2, 0.25) is 0 Å². The van der Waals surface area contributed by atoms with Crippen molar-refractivity contribution >= 4 is 11.7 Å². The van der Waals surface area contributed by atoms with Gasteiger partial charge < -0.3 is 15.5 Å². The van der Waals surface area contributed by atoms with Crippen molar-refractivity contribution in [3.8, 4) is 0 Å². The second-order valence-electron chi connectivity index (χ2n) is 5.96. The molecule has 5 nitrogen and oxygen atoms in total. The van der Waals surface area contributed by atoms with Crippen LogP contribution in [0.5, 0.6) is 0 Å². The van der Waals surface area contributed by atoms with Crippen LogP contribution in [0.25, 0.3) is 0 Å². The number of likely N-dealkylation sites (tertiary alicyclic amines) is 1. The first-order valence-electron chi connectivity index (χ1n) is 7.79. The van der Waals surface area contributed by atoms with Gasteiger partial charge >= 0.3 is 0 Å². The summed E-state index contributed by atoms with van der Waals surface area (Å²) < 4.78 is 0. The van der Waals surface area contributed by atoms with Crippen LogP contribution in [0.2, 0.25) is 0 Å². The zero-order valence-corrected chi connectivity index (χ0v) is 13.2. The van der Waals surface area contributed by atoms with Crippen LogP contribution in [-0.2, 0) is 0 Å². The van der Waals surface area contributed by atoms with Gasteiger partial charge in [0.05, 0.1) is 0 Å². The largest absolute Gasteiger partial charge is 0.370 e. The first-order valence-corrected chi connectivity index (χ1v) is 7.79. The number of hydrogen-bond acceptors (Lipinski definition) is 4. The summed E-state index contributed by atoms with van der Waals surface area (Å²) in [6, 6.07) is 3.85. The summed E-state index contributed by atoms with van der Waals surface area (Å²) in [5.41, 5.74) is 0.676. The van der Waals surface area contributed by atoms with E-state index in [9.17, 15) is 4.79 Å². The number of nitrogens with one attached hydrogen (secondary N) is 2. The van der Waals surface area contributed by atoms with Gasteiger partial charge in [-0.25, -0.2) is 4.98 Å². The highest BCUT2D eigenvalue weighted by Gasteiger charge is 2.25. The molecule has 1 aliphatic heterocycles. The molecule has 5 heteroatoms. The van der Waals surface area contributed by atoms with Crippen molar-refractivity contribution in [2.24, 2.45) is 5.92 Å². The van der Waals surface area contributed by atoms with E-state index >= 15 is 0 Å². The van der Waals surface area contributed by atoms with Crippen LogP contribution in [0, 0.1) is 5.92 Å². The van der Waals surface area contributed by atoms with Gasteiger partial charge in [-0.3, -0.25) is 4.79 Å². The summed E-state index contributed by atoms with van der Waals surface area (Å²) in [5, 5.41) is 6.38. The number of nitrogens with zero attached hydrogens (tertiary/aromatic N) is 2. The topological polar surface area (TPSA) is 57.3 Å².